The van der Waals surface area contributed by atoms with Crippen LogP contribution in [-0.2, 0) is 11.3 Å². The molecule has 5 heteroatoms. The van der Waals surface area contributed by atoms with Gasteiger partial charge in [0.25, 0.3) is 0 Å². The van der Waals surface area contributed by atoms with E-state index in [1.807, 2.05) is 0 Å². The molecule has 1 heterocycles. The highest BCUT2D eigenvalue weighted by Gasteiger charge is 2.11. The maximum atomic E-state index is 10.4. The van der Waals surface area contributed by atoms with Gasteiger partial charge in [0.15, 0.2) is 5.69 Å². The van der Waals surface area contributed by atoms with Crippen molar-refractivity contribution in [2.75, 3.05) is 7.11 Å². The van der Waals surface area contributed by atoms with E-state index in [1.165, 1.54) is 13.4 Å². The number of imidazole rings is 1. The number of hydrogen-bond acceptors (Lipinski definition) is 3. The third-order valence-electron chi connectivity index (χ3n) is 1.21. The number of carboxylic acid groups (broad SMARTS) is 1. The van der Waals surface area contributed by atoms with E-state index in [4.69, 9.17) is 9.84 Å². The average Bonchev–Trinajstić information content (AvgIpc) is 2.36. The maximum absolute atomic E-state index is 10.4. The normalized spacial score (nSPS) is 9.91. The first-order chi connectivity index (χ1) is 5.25. The third-order valence-corrected chi connectivity index (χ3v) is 1.21. The van der Waals surface area contributed by atoms with Gasteiger partial charge < -0.3 is 14.8 Å². The zero-order valence-electron chi connectivity index (χ0n) is 6.00. The standard InChI is InChI=1S/C6H8N2O3/c1-11-2-4-5(6(9)10)8-3-7-4/h3H,2H2,1H3,(H,7,8)(H,9,10). The Morgan fingerprint density at radius 3 is 3.18 bits per heavy atom. The first-order valence-electron chi connectivity index (χ1n) is 3.00. The molecular weight excluding hydrogens is 148 g/mol. The summed E-state index contributed by atoms with van der Waals surface area (Å²) in [7, 11) is 1.49. The largest absolute Gasteiger partial charge is 0.476 e. The lowest BCUT2D eigenvalue weighted by Crippen LogP contribution is -2.02. The summed E-state index contributed by atoms with van der Waals surface area (Å²) in [5.41, 5.74) is 0.506. The van der Waals surface area contributed by atoms with Crippen LogP contribution in [0.15, 0.2) is 6.33 Å². The fourth-order valence-electron chi connectivity index (χ4n) is 0.760. The predicted octanol–water partition coefficient (Wildman–Crippen LogP) is 0.254. The second kappa shape index (κ2) is 3.16. The Bertz CT molecular complexity index is 256. The van der Waals surface area contributed by atoms with Crippen molar-refractivity contribution in [1.82, 2.24) is 9.97 Å². The Balaban J connectivity index is 2.87. The Morgan fingerprint density at radius 2 is 2.64 bits per heavy atom. The lowest BCUT2D eigenvalue weighted by Gasteiger charge is -1.94. The molecule has 0 radical (unpaired) electrons. The molecule has 0 saturated heterocycles. The van der Waals surface area contributed by atoms with Crippen LogP contribution in [-0.4, -0.2) is 28.2 Å². The summed E-state index contributed by atoms with van der Waals surface area (Å²) in [5, 5.41) is 8.54. The number of nitrogens with zero attached hydrogens (tertiary/aromatic N) is 1. The highest BCUT2D eigenvalue weighted by molar-refractivity contribution is 5.86. The van der Waals surface area contributed by atoms with E-state index < -0.39 is 5.97 Å². The van der Waals surface area contributed by atoms with Crippen LogP contribution in [0.25, 0.3) is 0 Å². The number of aromatic amines is 1. The zero-order chi connectivity index (χ0) is 8.27. The van der Waals surface area contributed by atoms with Crippen LogP contribution >= 0.6 is 0 Å². The smallest absolute Gasteiger partial charge is 0.356 e. The first kappa shape index (κ1) is 7.74. The topological polar surface area (TPSA) is 75.2 Å². The van der Waals surface area contributed by atoms with Crippen LogP contribution < -0.4 is 0 Å². The summed E-state index contributed by atoms with van der Waals surface area (Å²) in [6.45, 7) is 0.238. The van der Waals surface area contributed by atoms with Gasteiger partial charge in [-0.3, -0.25) is 0 Å². The zero-order valence-corrected chi connectivity index (χ0v) is 6.00. The van der Waals surface area contributed by atoms with Crippen molar-refractivity contribution >= 4 is 5.97 Å². The minimum Gasteiger partial charge on any atom is -0.476 e. The molecule has 60 valence electrons. The van der Waals surface area contributed by atoms with E-state index in [0.29, 0.717) is 5.69 Å². The molecule has 0 bridgehead atoms. The van der Waals surface area contributed by atoms with E-state index >= 15 is 0 Å². The third kappa shape index (κ3) is 1.56. The first-order valence-corrected chi connectivity index (χ1v) is 3.00. The number of methoxy groups -OCH3 is 1. The van der Waals surface area contributed by atoms with Crippen molar-refractivity contribution in [2.45, 2.75) is 6.61 Å². The van der Waals surface area contributed by atoms with Gasteiger partial charge in [0.05, 0.1) is 18.6 Å². The number of hydrogen-bond donors (Lipinski definition) is 2. The van der Waals surface area contributed by atoms with Crippen molar-refractivity contribution in [2.24, 2.45) is 0 Å². The molecule has 0 unspecified atom stereocenters. The second-order valence-electron chi connectivity index (χ2n) is 1.97. The molecule has 0 amide bonds. The van der Waals surface area contributed by atoms with Crippen LogP contribution in [0.2, 0.25) is 0 Å². The van der Waals surface area contributed by atoms with Gasteiger partial charge in [-0.25, -0.2) is 9.78 Å². The molecule has 0 fully saturated rings. The second-order valence-corrected chi connectivity index (χ2v) is 1.97. The average molecular weight is 156 g/mol. The van der Waals surface area contributed by atoms with Gasteiger partial charge >= 0.3 is 5.97 Å². The summed E-state index contributed by atoms with van der Waals surface area (Å²) in [5.74, 6) is -1.04. The maximum Gasteiger partial charge on any atom is 0.356 e. The van der Waals surface area contributed by atoms with E-state index in [9.17, 15) is 4.79 Å². The molecule has 0 aliphatic carbocycles. The Labute approximate surface area is 63.0 Å². The molecule has 0 aliphatic rings. The summed E-state index contributed by atoms with van der Waals surface area (Å²) in [6.07, 6.45) is 1.33. The van der Waals surface area contributed by atoms with E-state index in [1.54, 1.807) is 0 Å². The van der Waals surface area contributed by atoms with Gasteiger partial charge in [0, 0.05) is 7.11 Å². The quantitative estimate of drug-likeness (QED) is 0.657. The van der Waals surface area contributed by atoms with Crippen LogP contribution in [0.5, 0.6) is 0 Å². The van der Waals surface area contributed by atoms with Crippen molar-refractivity contribution in [1.29, 1.82) is 0 Å². The minimum absolute atomic E-state index is 0.0202. The molecular formula is C6H8N2O3. The molecule has 1 aromatic heterocycles. The number of carboxylic acids is 1. The van der Waals surface area contributed by atoms with Gasteiger partial charge in [-0.1, -0.05) is 0 Å². The number of aromatic nitrogens is 2. The van der Waals surface area contributed by atoms with Crippen molar-refractivity contribution in [3.63, 3.8) is 0 Å². The van der Waals surface area contributed by atoms with Crippen LogP contribution in [0.3, 0.4) is 0 Å². The molecule has 0 spiro atoms. The molecule has 2 N–H and O–H groups in total. The molecule has 1 rings (SSSR count). The van der Waals surface area contributed by atoms with Crippen LogP contribution in [0, 0.1) is 0 Å². The van der Waals surface area contributed by atoms with Gasteiger partial charge in [-0.05, 0) is 0 Å². The van der Waals surface area contributed by atoms with E-state index in [0.717, 1.165) is 0 Å². The SMILES string of the molecule is COCc1[nH]cnc1C(=O)O. The minimum atomic E-state index is -1.04. The summed E-state index contributed by atoms with van der Waals surface area (Å²) in [6, 6.07) is 0. The van der Waals surface area contributed by atoms with E-state index in [2.05, 4.69) is 9.97 Å². The van der Waals surface area contributed by atoms with Crippen LogP contribution in [0.1, 0.15) is 16.2 Å². The number of carbonyl (C=O) groups is 1. The van der Waals surface area contributed by atoms with Crippen molar-refractivity contribution in [3.05, 3.63) is 17.7 Å². The fourth-order valence-corrected chi connectivity index (χ4v) is 0.760. The lowest BCUT2D eigenvalue weighted by atomic mass is 10.3. The number of ether oxygens (including phenoxy) is 1. The monoisotopic (exact) mass is 156 g/mol. The number of aromatic carboxylic acids is 1. The molecule has 1 aromatic rings. The number of nitrogens with one attached hydrogen (secondary N) is 1. The highest BCUT2D eigenvalue weighted by Crippen LogP contribution is 2.02. The molecule has 0 atom stereocenters. The summed E-state index contributed by atoms with van der Waals surface area (Å²) >= 11 is 0. The van der Waals surface area contributed by atoms with Gasteiger partial charge in [-0.15, -0.1) is 0 Å². The summed E-state index contributed by atoms with van der Waals surface area (Å²) < 4.78 is 4.74. The Kier molecular flexibility index (Phi) is 2.22. The summed E-state index contributed by atoms with van der Waals surface area (Å²) in [4.78, 5) is 16.7. The molecule has 0 aliphatic heterocycles. The van der Waals surface area contributed by atoms with E-state index in [-0.39, 0.29) is 12.3 Å². The molecule has 0 aromatic carbocycles. The van der Waals surface area contributed by atoms with Gasteiger partial charge in [-0.2, -0.15) is 0 Å². The van der Waals surface area contributed by atoms with Crippen molar-refractivity contribution < 1.29 is 14.6 Å². The molecule has 0 saturated carbocycles. The highest BCUT2D eigenvalue weighted by atomic mass is 16.5. The predicted molar refractivity (Wildman–Crippen MR) is 36.3 cm³/mol. The molecule has 5 nitrogen and oxygen atoms in total. The Hall–Kier alpha value is -1.36. The number of rotatable bonds is 3. The lowest BCUT2D eigenvalue weighted by molar-refractivity contribution is 0.0685. The fraction of sp³-hybridized carbons (Fsp3) is 0.333. The molecule has 11 heavy (non-hydrogen) atoms. The van der Waals surface area contributed by atoms with Gasteiger partial charge in [0.2, 0.25) is 0 Å². The Morgan fingerprint density at radius 1 is 1.91 bits per heavy atom. The van der Waals surface area contributed by atoms with Gasteiger partial charge in [0.1, 0.15) is 0 Å². The number of H-pyrrole nitrogens is 1. The van der Waals surface area contributed by atoms with Crippen molar-refractivity contribution in [3.8, 4) is 0 Å². The van der Waals surface area contributed by atoms with Crippen LogP contribution in [0.4, 0.5) is 0 Å².